The number of ketones is 2. The van der Waals surface area contributed by atoms with Crippen LogP contribution in [0.5, 0.6) is 0 Å². The number of nitrogens with zero attached hydrogens (tertiary/aromatic N) is 3. The van der Waals surface area contributed by atoms with Gasteiger partial charge >= 0.3 is 11.9 Å². The number of aromatic nitrogens is 3. The van der Waals surface area contributed by atoms with Gasteiger partial charge in [0.25, 0.3) is 0 Å². The van der Waals surface area contributed by atoms with Crippen LogP contribution in [0.4, 0.5) is 5.13 Å². The number of thiazole rings is 2. The van der Waals surface area contributed by atoms with Crippen molar-refractivity contribution in [2.45, 2.75) is 47.0 Å². The molecule has 0 bridgehead atoms. The number of imidazole rings is 1. The number of ether oxygens (including phenoxy) is 2. The Labute approximate surface area is 287 Å². The molecule has 47 heavy (non-hydrogen) atoms. The van der Waals surface area contributed by atoms with Crippen LogP contribution in [0.15, 0.2) is 79.3 Å². The average Bonchev–Trinajstić information content (AvgIpc) is 3.78. The van der Waals surface area contributed by atoms with Crippen LogP contribution in [-0.2, 0) is 35.1 Å². The smallest absolute Gasteiger partial charge is 0.313 e. The van der Waals surface area contributed by atoms with E-state index in [0.29, 0.717) is 24.8 Å². The van der Waals surface area contributed by atoms with Gasteiger partial charge in [0.2, 0.25) is 0 Å². The lowest BCUT2D eigenvalue weighted by atomic mass is 10.2. The summed E-state index contributed by atoms with van der Waals surface area (Å²) in [6.45, 7) is 7.62. The molecule has 0 aliphatic heterocycles. The summed E-state index contributed by atoms with van der Waals surface area (Å²) in [6, 6.07) is 20.3. The van der Waals surface area contributed by atoms with Crippen LogP contribution >= 0.6 is 34.3 Å². The monoisotopic (exact) mass is 698 g/mol. The summed E-state index contributed by atoms with van der Waals surface area (Å²) in [7, 11) is 0. The zero-order chi connectivity index (χ0) is 34.6. The minimum Gasteiger partial charge on any atom is -0.466 e. The Hall–Kier alpha value is -4.39. The van der Waals surface area contributed by atoms with Gasteiger partial charge in [-0.25, -0.2) is 9.97 Å². The molecule has 13 heteroatoms. The van der Waals surface area contributed by atoms with E-state index in [1.165, 1.54) is 22.5 Å². The van der Waals surface area contributed by atoms with E-state index in [0.717, 1.165) is 20.4 Å². The first-order chi connectivity index (χ1) is 22.6. The molecule has 0 spiro atoms. The van der Waals surface area contributed by atoms with Gasteiger partial charge in [-0.3, -0.25) is 18.8 Å². The number of carbonyl (C=O) groups excluding carboxylic acids is 4. The number of esters is 2. The maximum atomic E-state index is 11.4. The second-order valence-corrected chi connectivity index (χ2v) is 11.8. The Kier molecular flexibility index (Phi) is 17.7. The van der Waals surface area contributed by atoms with Crippen LogP contribution in [0.2, 0.25) is 0 Å². The highest BCUT2D eigenvalue weighted by Gasteiger charge is 2.11. The first kappa shape index (κ1) is 38.8. The number of Topliss-reactive ketones (excluding diaryl/α,β-unsaturated/α-hetero) is 2. The van der Waals surface area contributed by atoms with Crippen molar-refractivity contribution in [3.63, 3.8) is 0 Å². The van der Waals surface area contributed by atoms with Gasteiger partial charge in [-0.05, 0) is 31.9 Å². The zero-order valence-electron chi connectivity index (χ0n) is 26.8. The highest BCUT2D eigenvalue weighted by Crippen LogP contribution is 2.28. The molecule has 3 aromatic heterocycles. The number of fused-ring (bicyclic) bond motifs is 1. The van der Waals surface area contributed by atoms with Crippen LogP contribution < -0.4 is 5.73 Å². The highest BCUT2D eigenvalue weighted by atomic mass is 35.5. The molecular formula is C34H39ClN4O6S2. The summed E-state index contributed by atoms with van der Waals surface area (Å²) >= 11 is 8.26. The number of anilines is 1. The van der Waals surface area contributed by atoms with Crippen molar-refractivity contribution in [3.05, 3.63) is 84.9 Å². The Morgan fingerprint density at radius 2 is 1.38 bits per heavy atom. The summed E-state index contributed by atoms with van der Waals surface area (Å²) in [5.41, 5.74) is 8.62. The van der Waals surface area contributed by atoms with Gasteiger partial charge in [-0.2, -0.15) is 0 Å². The molecule has 0 unspecified atom stereocenters. The van der Waals surface area contributed by atoms with Crippen molar-refractivity contribution < 1.29 is 28.7 Å². The van der Waals surface area contributed by atoms with Crippen molar-refractivity contribution in [1.29, 1.82) is 0 Å². The van der Waals surface area contributed by atoms with Crippen molar-refractivity contribution in [2.75, 3.05) is 24.8 Å². The fourth-order valence-electron chi connectivity index (χ4n) is 3.47. The fourth-order valence-corrected chi connectivity index (χ4v) is 5.24. The van der Waals surface area contributed by atoms with Crippen LogP contribution in [0, 0.1) is 0 Å². The van der Waals surface area contributed by atoms with Gasteiger partial charge in [-0.1, -0.05) is 90.3 Å². The van der Waals surface area contributed by atoms with E-state index in [4.69, 9.17) is 22.1 Å². The number of nitrogen functional groups attached to an aromatic ring is 1. The van der Waals surface area contributed by atoms with Crippen molar-refractivity contribution in [3.8, 4) is 20.9 Å². The van der Waals surface area contributed by atoms with Gasteiger partial charge in [0.15, 0.2) is 15.9 Å². The SMILES string of the molecule is CCC(C)=O.CCOC(=O)CC(=O)CCl.CCOC(=O)Cc1cn2cc(-c3ccccc3)sc2n1.Nc1ncc(-c2ccccc2)s1. The third-order valence-corrected chi connectivity index (χ3v) is 7.99. The van der Waals surface area contributed by atoms with Gasteiger partial charge in [0.05, 0.1) is 41.0 Å². The molecule has 2 aromatic carbocycles. The van der Waals surface area contributed by atoms with E-state index >= 15 is 0 Å². The number of carbonyl (C=O) groups is 4. The van der Waals surface area contributed by atoms with Crippen LogP contribution in [0.3, 0.4) is 0 Å². The molecule has 0 aliphatic carbocycles. The van der Waals surface area contributed by atoms with Crippen LogP contribution in [0.25, 0.3) is 25.8 Å². The molecule has 3 heterocycles. The first-order valence-electron chi connectivity index (χ1n) is 14.8. The van der Waals surface area contributed by atoms with E-state index in [2.05, 4.69) is 26.8 Å². The number of hydrogen-bond donors (Lipinski definition) is 1. The molecule has 2 N–H and O–H groups in total. The molecule has 0 radical (unpaired) electrons. The molecule has 0 fully saturated rings. The highest BCUT2D eigenvalue weighted by molar-refractivity contribution is 7.20. The van der Waals surface area contributed by atoms with Crippen molar-refractivity contribution >= 4 is 67.9 Å². The van der Waals surface area contributed by atoms with Gasteiger partial charge < -0.3 is 20.0 Å². The molecule has 5 aromatic rings. The lowest BCUT2D eigenvalue weighted by molar-refractivity contribution is -0.145. The van der Waals surface area contributed by atoms with E-state index < -0.39 is 5.97 Å². The van der Waals surface area contributed by atoms with E-state index in [1.54, 1.807) is 38.3 Å². The number of halogens is 1. The van der Waals surface area contributed by atoms with Crippen molar-refractivity contribution in [2.24, 2.45) is 0 Å². The van der Waals surface area contributed by atoms with Gasteiger partial charge in [-0.15, -0.1) is 11.6 Å². The minimum atomic E-state index is -0.506. The molecule has 5 rings (SSSR count). The number of alkyl halides is 1. The predicted molar refractivity (Wildman–Crippen MR) is 189 cm³/mol. The molecule has 0 aliphatic rings. The van der Waals surface area contributed by atoms with E-state index in [-0.39, 0.29) is 36.3 Å². The molecule has 10 nitrogen and oxygen atoms in total. The fraction of sp³-hybridized carbons (Fsp3) is 0.294. The van der Waals surface area contributed by atoms with Crippen molar-refractivity contribution in [1.82, 2.24) is 14.4 Å². The maximum Gasteiger partial charge on any atom is 0.313 e. The molecule has 0 amide bonds. The quantitative estimate of drug-likeness (QED) is 0.0903. The minimum absolute atomic E-state index is 0.126. The number of hydrogen-bond acceptors (Lipinski definition) is 11. The van der Waals surface area contributed by atoms with Gasteiger partial charge in [0, 0.05) is 25.0 Å². The summed E-state index contributed by atoms with van der Waals surface area (Å²) in [4.78, 5) is 53.8. The third-order valence-electron chi connectivity index (χ3n) is 5.77. The Balaban J connectivity index is 0.000000244. The summed E-state index contributed by atoms with van der Waals surface area (Å²) in [6.07, 6.45) is 6.40. The summed E-state index contributed by atoms with van der Waals surface area (Å²) in [5.74, 6) is -0.918. The second kappa shape index (κ2) is 21.4. The normalized spacial score (nSPS) is 9.89. The molecule has 0 saturated heterocycles. The average molecular weight is 699 g/mol. The largest absolute Gasteiger partial charge is 0.466 e. The molecular weight excluding hydrogens is 660 g/mol. The maximum absolute atomic E-state index is 11.4. The number of rotatable bonds is 10. The lowest BCUT2D eigenvalue weighted by Gasteiger charge is -1.97. The predicted octanol–water partition coefficient (Wildman–Crippen LogP) is 7.29. The Bertz CT molecular complexity index is 1650. The van der Waals surface area contributed by atoms with E-state index in [9.17, 15) is 19.2 Å². The summed E-state index contributed by atoms with van der Waals surface area (Å²) < 4.78 is 11.4. The van der Waals surface area contributed by atoms with E-state index in [1.807, 2.05) is 72.2 Å². The zero-order valence-corrected chi connectivity index (χ0v) is 29.2. The van der Waals surface area contributed by atoms with Crippen LogP contribution in [-0.4, -0.2) is 57.0 Å². The topological polar surface area (TPSA) is 143 Å². The second-order valence-electron chi connectivity index (χ2n) is 9.50. The third kappa shape index (κ3) is 14.7. The number of nitrogens with two attached hydrogens (primary N) is 1. The Morgan fingerprint density at radius 3 is 1.85 bits per heavy atom. The summed E-state index contributed by atoms with van der Waals surface area (Å²) in [5, 5.41) is 0.619. The lowest BCUT2D eigenvalue weighted by Crippen LogP contribution is -2.11. The standard InChI is InChI=1S/C15H14N2O2S.C9H8N2S.C6H9ClO3.C4H8O/c1-2-19-14(18)8-12-9-17-10-13(20-15(17)16-12)11-6-4-3-5-7-11;10-9-11-6-8(12-9)7-4-2-1-3-5-7;1-2-10-6(9)3-5(8)4-7;1-3-4(2)5/h3-7,9-10H,2,8H2,1H3;1-6H,(H2,10,11);2-4H2,1H3;3H2,1-2H3. The molecule has 0 atom stereocenters. The van der Waals surface area contributed by atoms with Crippen LogP contribution in [0.1, 0.15) is 46.2 Å². The first-order valence-corrected chi connectivity index (χ1v) is 16.9. The molecule has 0 saturated carbocycles. The van der Waals surface area contributed by atoms with Gasteiger partial charge in [0.1, 0.15) is 12.2 Å². The number of benzene rings is 2. The molecule has 250 valence electrons. The Morgan fingerprint density at radius 1 is 0.830 bits per heavy atom.